The van der Waals surface area contributed by atoms with E-state index in [2.05, 4.69) is 40.9 Å². The highest BCUT2D eigenvalue weighted by atomic mass is 35.5. The lowest BCUT2D eigenvalue weighted by molar-refractivity contribution is -0.509. The Kier molecular flexibility index (Phi) is 6.16. The molecule has 0 saturated carbocycles. The van der Waals surface area contributed by atoms with Gasteiger partial charge >= 0.3 is 0 Å². The molecule has 2 heterocycles. The Morgan fingerprint density at radius 1 is 0.636 bits per heavy atom. The standard InChI is InChI=1S/C27H24NO4.ClH/c1-29-24-13-18-12-23-22-15-21(17-8-6-5-7-9-17)27(32-4)26(31-3)20(22)10-11-28(23)16-19(18)14-25(24)30-2;/h5-16H,1-4H3;1H/q+1;/p-1. The van der Waals surface area contributed by atoms with Gasteiger partial charge in [-0.25, -0.2) is 0 Å². The van der Waals surface area contributed by atoms with Crippen molar-refractivity contribution in [3.63, 3.8) is 0 Å². The van der Waals surface area contributed by atoms with E-state index in [-0.39, 0.29) is 12.4 Å². The number of methoxy groups -OCH3 is 4. The van der Waals surface area contributed by atoms with Crippen LogP contribution in [-0.2, 0) is 0 Å². The van der Waals surface area contributed by atoms with E-state index in [4.69, 9.17) is 18.9 Å². The molecule has 0 bridgehead atoms. The number of nitrogens with zero attached hydrogens (tertiary/aromatic N) is 1. The highest BCUT2D eigenvalue weighted by Crippen LogP contribution is 2.44. The van der Waals surface area contributed by atoms with E-state index in [1.807, 2.05) is 36.5 Å². The Morgan fingerprint density at radius 3 is 1.94 bits per heavy atom. The summed E-state index contributed by atoms with van der Waals surface area (Å²) in [6.07, 6.45) is 4.14. The number of hydrogen-bond donors (Lipinski definition) is 0. The Hall–Kier alpha value is -3.70. The molecule has 33 heavy (non-hydrogen) atoms. The summed E-state index contributed by atoms with van der Waals surface area (Å²) in [7, 11) is 6.66. The van der Waals surface area contributed by atoms with Gasteiger partial charge in [-0.15, -0.1) is 0 Å². The third-order valence-electron chi connectivity index (χ3n) is 5.88. The van der Waals surface area contributed by atoms with Gasteiger partial charge in [0, 0.05) is 23.1 Å². The Balaban J connectivity index is 0.00000259. The number of hydrogen-bond acceptors (Lipinski definition) is 4. The van der Waals surface area contributed by atoms with Crippen LogP contribution in [0.2, 0.25) is 0 Å². The first-order valence-electron chi connectivity index (χ1n) is 10.3. The van der Waals surface area contributed by atoms with E-state index in [1.54, 1.807) is 28.4 Å². The van der Waals surface area contributed by atoms with Crippen LogP contribution >= 0.6 is 0 Å². The van der Waals surface area contributed by atoms with Crippen LogP contribution < -0.4 is 35.8 Å². The molecule has 0 atom stereocenters. The number of aromatic nitrogens is 1. The molecule has 0 amide bonds. The molecule has 168 valence electrons. The molecule has 0 spiro atoms. The van der Waals surface area contributed by atoms with Crippen LogP contribution in [0.25, 0.3) is 38.2 Å². The van der Waals surface area contributed by atoms with Crippen molar-refractivity contribution in [2.45, 2.75) is 0 Å². The second-order valence-electron chi connectivity index (χ2n) is 7.54. The maximum atomic E-state index is 5.84. The molecule has 0 N–H and O–H groups in total. The third kappa shape index (κ3) is 3.64. The van der Waals surface area contributed by atoms with E-state index >= 15 is 0 Å². The zero-order valence-corrected chi connectivity index (χ0v) is 19.6. The van der Waals surface area contributed by atoms with Gasteiger partial charge in [-0.05, 0) is 29.1 Å². The minimum atomic E-state index is 0. The Morgan fingerprint density at radius 2 is 1.30 bits per heavy atom. The van der Waals surface area contributed by atoms with E-state index in [9.17, 15) is 0 Å². The molecule has 0 aliphatic heterocycles. The van der Waals surface area contributed by atoms with Crippen LogP contribution in [0.15, 0.2) is 73.1 Å². The Labute approximate surface area is 198 Å². The molecule has 5 nitrogen and oxygen atoms in total. The molecule has 0 saturated heterocycles. The van der Waals surface area contributed by atoms with Gasteiger partial charge in [-0.2, -0.15) is 4.40 Å². The van der Waals surface area contributed by atoms with Gasteiger partial charge in [0.2, 0.25) is 5.52 Å². The number of rotatable bonds is 5. The predicted octanol–water partition coefficient (Wildman–Crippen LogP) is 2.44. The largest absolute Gasteiger partial charge is 1.00 e. The van der Waals surface area contributed by atoms with E-state index < -0.39 is 0 Å². The fourth-order valence-corrected chi connectivity index (χ4v) is 4.35. The van der Waals surface area contributed by atoms with Crippen LogP contribution in [0.3, 0.4) is 0 Å². The smallest absolute Gasteiger partial charge is 0.219 e. The molecule has 0 fully saturated rings. The summed E-state index contributed by atoms with van der Waals surface area (Å²) in [5, 5.41) is 4.18. The lowest BCUT2D eigenvalue weighted by Crippen LogP contribution is -3.00. The number of benzene rings is 3. The maximum absolute atomic E-state index is 5.84. The first kappa shape index (κ1) is 22.5. The van der Waals surface area contributed by atoms with Crippen LogP contribution in [0, 0.1) is 0 Å². The molecule has 0 unspecified atom stereocenters. The number of ether oxygens (including phenoxy) is 4. The highest BCUT2D eigenvalue weighted by molar-refractivity contribution is 6.05. The van der Waals surface area contributed by atoms with Crippen LogP contribution in [0.5, 0.6) is 23.0 Å². The second-order valence-corrected chi connectivity index (χ2v) is 7.54. The summed E-state index contributed by atoms with van der Waals surface area (Å²) in [5.74, 6) is 2.86. The first-order valence-corrected chi connectivity index (χ1v) is 10.3. The van der Waals surface area contributed by atoms with Crippen molar-refractivity contribution in [2.75, 3.05) is 28.4 Å². The quantitative estimate of drug-likeness (QED) is 0.229. The minimum absolute atomic E-state index is 0. The van der Waals surface area contributed by atoms with E-state index in [1.165, 1.54) is 0 Å². The summed E-state index contributed by atoms with van der Waals surface area (Å²) in [6.45, 7) is 0. The summed E-state index contributed by atoms with van der Waals surface area (Å²) < 4.78 is 24.8. The summed E-state index contributed by atoms with van der Waals surface area (Å²) in [5.41, 5.74) is 3.11. The zero-order valence-electron chi connectivity index (χ0n) is 18.9. The molecule has 6 heteroatoms. The molecule has 5 aromatic rings. The fraction of sp³-hybridized carbons (Fsp3) is 0.148. The number of halogens is 1. The lowest BCUT2D eigenvalue weighted by Gasteiger charge is -2.16. The monoisotopic (exact) mass is 461 g/mol. The first-order chi connectivity index (χ1) is 15.7. The van der Waals surface area contributed by atoms with Crippen molar-refractivity contribution in [1.29, 1.82) is 0 Å². The Bertz CT molecular complexity index is 1470. The van der Waals surface area contributed by atoms with Crippen molar-refractivity contribution in [3.8, 4) is 34.1 Å². The average Bonchev–Trinajstić information content (AvgIpc) is 2.85. The lowest BCUT2D eigenvalue weighted by atomic mass is 9.98. The van der Waals surface area contributed by atoms with Gasteiger partial charge in [-0.3, -0.25) is 0 Å². The van der Waals surface area contributed by atoms with Gasteiger partial charge < -0.3 is 31.4 Å². The maximum Gasteiger partial charge on any atom is 0.219 e. The normalized spacial score (nSPS) is 10.8. The third-order valence-corrected chi connectivity index (χ3v) is 5.88. The molecule has 0 aliphatic carbocycles. The molecular weight excluding hydrogens is 438 g/mol. The van der Waals surface area contributed by atoms with Crippen molar-refractivity contribution in [2.24, 2.45) is 0 Å². The summed E-state index contributed by atoms with van der Waals surface area (Å²) in [4.78, 5) is 0. The van der Waals surface area contributed by atoms with Crippen molar-refractivity contribution >= 4 is 27.1 Å². The minimum Gasteiger partial charge on any atom is -1.00 e. The average molecular weight is 462 g/mol. The topological polar surface area (TPSA) is 41.0 Å². The molecular formula is C27H24ClNO4. The molecule has 5 rings (SSSR count). The van der Waals surface area contributed by atoms with Gasteiger partial charge in [0.05, 0.1) is 39.2 Å². The van der Waals surface area contributed by atoms with Gasteiger partial charge in [0.15, 0.2) is 35.4 Å². The van der Waals surface area contributed by atoms with Crippen molar-refractivity contribution in [3.05, 3.63) is 73.1 Å². The van der Waals surface area contributed by atoms with E-state index in [0.29, 0.717) is 11.5 Å². The van der Waals surface area contributed by atoms with E-state index in [0.717, 1.165) is 49.7 Å². The molecule has 2 aromatic heterocycles. The SMILES string of the molecule is COc1cc2cc3c4cc(-c5ccccc5)c(OC)c(OC)c4cc[n+]3cc2cc1OC.[Cl-]. The molecule has 0 radical (unpaired) electrons. The van der Waals surface area contributed by atoms with Gasteiger partial charge in [0.1, 0.15) is 0 Å². The van der Waals surface area contributed by atoms with Crippen molar-refractivity contribution in [1.82, 2.24) is 0 Å². The number of fused-ring (bicyclic) bond motifs is 4. The van der Waals surface area contributed by atoms with Crippen LogP contribution in [-0.4, -0.2) is 28.4 Å². The zero-order chi connectivity index (χ0) is 22.2. The summed E-state index contributed by atoms with van der Waals surface area (Å²) >= 11 is 0. The van der Waals surface area contributed by atoms with Crippen molar-refractivity contribution < 1.29 is 35.8 Å². The highest BCUT2D eigenvalue weighted by Gasteiger charge is 2.21. The fourth-order valence-electron chi connectivity index (χ4n) is 4.35. The van der Waals surface area contributed by atoms with Gasteiger partial charge in [0.25, 0.3) is 0 Å². The predicted molar refractivity (Wildman–Crippen MR) is 126 cm³/mol. The van der Waals surface area contributed by atoms with Crippen LogP contribution in [0.4, 0.5) is 0 Å². The summed E-state index contributed by atoms with van der Waals surface area (Å²) in [6, 6.07) is 20.6. The number of pyridine rings is 2. The molecule has 0 aliphatic rings. The van der Waals surface area contributed by atoms with Crippen LogP contribution in [0.1, 0.15) is 0 Å². The van der Waals surface area contributed by atoms with Gasteiger partial charge in [-0.1, -0.05) is 30.3 Å². The molecule has 3 aromatic carbocycles. The second kappa shape index (κ2) is 9.04.